The van der Waals surface area contributed by atoms with E-state index in [-0.39, 0.29) is 29.0 Å². The van der Waals surface area contributed by atoms with Crippen LogP contribution in [0.15, 0.2) is 30.5 Å². The summed E-state index contributed by atoms with van der Waals surface area (Å²) >= 11 is 0. The summed E-state index contributed by atoms with van der Waals surface area (Å²) in [5, 5.41) is 3.28. The molecule has 2 aliphatic rings. The summed E-state index contributed by atoms with van der Waals surface area (Å²) in [6.07, 6.45) is 1.81. The van der Waals surface area contributed by atoms with E-state index in [4.69, 9.17) is 4.74 Å². The van der Waals surface area contributed by atoms with Crippen LogP contribution >= 0.6 is 0 Å². The number of pyridine rings is 2. The fourth-order valence-electron chi connectivity index (χ4n) is 5.59. The van der Waals surface area contributed by atoms with Gasteiger partial charge >= 0.3 is 0 Å². The number of aromatic nitrogens is 2. The number of hydrogen-bond donors (Lipinski definition) is 1. The number of methoxy groups -OCH3 is 1. The summed E-state index contributed by atoms with van der Waals surface area (Å²) in [6.45, 7) is 3.24. The predicted molar refractivity (Wildman–Crippen MR) is 140 cm³/mol. The smallest absolute Gasteiger partial charge is 0.269 e. The molecule has 10 heteroatoms. The van der Waals surface area contributed by atoms with Gasteiger partial charge in [0.05, 0.1) is 13.3 Å². The Labute approximate surface area is 220 Å². The van der Waals surface area contributed by atoms with Crippen LogP contribution in [0.2, 0.25) is 0 Å². The van der Waals surface area contributed by atoms with Gasteiger partial charge in [0, 0.05) is 50.2 Å². The minimum Gasteiger partial charge on any atom is -0.495 e. The number of carbonyl (C=O) groups excluding carboxylic acids is 2. The number of fused-ring (bicyclic) bond motifs is 2. The lowest BCUT2D eigenvalue weighted by atomic mass is 9.83. The third kappa shape index (κ3) is 4.75. The second kappa shape index (κ2) is 10.5. The van der Waals surface area contributed by atoms with Crippen LogP contribution in [0.4, 0.5) is 20.3 Å². The Hall–Kier alpha value is -3.82. The fraction of sp³-hybridized carbons (Fsp3) is 0.429. The average molecular weight is 524 g/mol. The van der Waals surface area contributed by atoms with Gasteiger partial charge in [0.15, 0.2) is 5.82 Å². The van der Waals surface area contributed by atoms with E-state index in [0.29, 0.717) is 66.2 Å². The zero-order chi connectivity index (χ0) is 27.0. The van der Waals surface area contributed by atoms with Crippen LogP contribution in [0.5, 0.6) is 5.75 Å². The van der Waals surface area contributed by atoms with Gasteiger partial charge in [0.25, 0.3) is 12.3 Å². The van der Waals surface area contributed by atoms with Crippen molar-refractivity contribution in [2.75, 3.05) is 38.7 Å². The molecule has 0 radical (unpaired) electrons. The van der Waals surface area contributed by atoms with Gasteiger partial charge in [-0.15, -0.1) is 0 Å². The molecule has 2 aliphatic heterocycles. The second-order valence-corrected chi connectivity index (χ2v) is 9.80. The largest absolute Gasteiger partial charge is 0.495 e. The van der Waals surface area contributed by atoms with Crippen LogP contribution in [0, 0.1) is 0 Å². The average Bonchev–Trinajstić information content (AvgIpc) is 2.94. The maximum absolute atomic E-state index is 14.5. The van der Waals surface area contributed by atoms with Crippen molar-refractivity contribution in [2.24, 2.45) is 0 Å². The highest BCUT2D eigenvalue weighted by molar-refractivity contribution is 6.00. The highest BCUT2D eigenvalue weighted by atomic mass is 19.3. The van der Waals surface area contributed by atoms with E-state index < -0.39 is 6.43 Å². The van der Waals surface area contributed by atoms with Gasteiger partial charge in [-0.05, 0) is 60.9 Å². The van der Waals surface area contributed by atoms with Gasteiger partial charge in [-0.3, -0.25) is 9.59 Å². The zero-order valence-electron chi connectivity index (χ0n) is 21.8. The van der Waals surface area contributed by atoms with Crippen LogP contribution in [0.3, 0.4) is 0 Å². The number of piperidine rings is 1. The van der Waals surface area contributed by atoms with Crippen LogP contribution in [0.1, 0.15) is 65.7 Å². The number of nitrogens with one attached hydrogen (secondary N) is 1. The molecule has 0 atom stereocenters. The molecule has 4 heterocycles. The topological polar surface area (TPSA) is 87.7 Å². The van der Waals surface area contributed by atoms with Gasteiger partial charge in [0.1, 0.15) is 17.0 Å². The third-order valence-corrected chi connectivity index (χ3v) is 7.59. The Morgan fingerprint density at radius 1 is 1.13 bits per heavy atom. The molecule has 0 spiro atoms. The molecule has 5 rings (SSSR count). The monoisotopic (exact) mass is 523 g/mol. The van der Waals surface area contributed by atoms with Gasteiger partial charge in [-0.2, -0.15) is 0 Å². The highest BCUT2D eigenvalue weighted by Crippen LogP contribution is 2.43. The van der Waals surface area contributed by atoms with E-state index in [1.54, 1.807) is 43.3 Å². The summed E-state index contributed by atoms with van der Waals surface area (Å²) < 4.78 is 34.2. The molecule has 0 aliphatic carbocycles. The molecule has 8 nitrogen and oxygen atoms in total. The summed E-state index contributed by atoms with van der Waals surface area (Å²) in [7, 11) is 3.07. The molecule has 1 N–H and O–H groups in total. The lowest BCUT2D eigenvalue weighted by Crippen LogP contribution is -2.36. The number of anilines is 2. The maximum atomic E-state index is 14.5. The van der Waals surface area contributed by atoms with Gasteiger partial charge in [-0.1, -0.05) is 6.07 Å². The number of aryl methyl sites for hydroxylation is 1. The van der Waals surface area contributed by atoms with E-state index >= 15 is 0 Å². The van der Waals surface area contributed by atoms with E-state index in [2.05, 4.69) is 15.3 Å². The second-order valence-electron chi connectivity index (χ2n) is 9.80. The molecule has 200 valence electrons. The molecule has 1 aromatic carbocycles. The molecule has 1 saturated heterocycles. The van der Waals surface area contributed by atoms with Crippen molar-refractivity contribution in [1.29, 1.82) is 0 Å². The number of rotatable bonds is 5. The molecule has 0 unspecified atom stereocenters. The van der Waals surface area contributed by atoms with Crippen molar-refractivity contribution >= 4 is 34.2 Å². The Bertz CT molecular complexity index is 1390. The molecule has 1 fully saturated rings. The first kappa shape index (κ1) is 25.8. The summed E-state index contributed by atoms with van der Waals surface area (Å²) in [4.78, 5) is 37.2. The summed E-state index contributed by atoms with van der Waals surface area (Å²) in [5.41, 5.74) is 3.09. The standard InChI is InChI=1S/C28H31F2N5O3/c1-16(36)34-9-6-17(7-10-34)21-12-18-5-4-8-35(24(18)14-22(21)26(29)30)27-25-19(11-20(38-3)15-32-25)13-23(33-27)28(37)31-2/h11-15,17,26H,4-10H2,1-3H3,(H,31,37). The van der Waals surface area contributed by atoms with Crippen molar-refractivity contribution in [3.63, 3.8) is 0 Å². The van der Waals surface area contributed by atoms with Crippen molar-refractivity contribution in [3.8, 4) is 5.75 Å². The third-order valence-electron chi connectivity index (χ3n) is 7.59. The number of nitrogens with zero attached hydrogens (tertiary/aromatic N) is 4. The highest BCUT2D eigenvalue weighted by Gasteiger charge is 2.30. The normalized spacial score (nSPS) is 16.1. The van der Waals surface area contributed by atoms with Crippen LogP contribution in [-0.4, -0.2) is 60.5 Å². The number of amides is 2. The molecular weight excluding hydrogens is 492 g/mol. The van der Waals surface area contributed by atoms with Crippen LogP contribution in [-0.2, 0) is 11.2 Å². The first-order valence-corrected chi connectivity index (χ1v) is 12.9. The van der Waals surface area contributed by atoms with Gasteiger partial charge in [0.2, 0.25) is 5.91 Å². The number of benzene rings is 1. The van der Waals surface area contributed by atoms with Crippen molar-refractivity contribution < 1.29 is 23.1 Å². The first-order chi connectivity index (χ1) is 18.3. The number of halogens is 2. The molecule has 0 bridgehead atoms. The van der Waals surface area contributed by atoms with Crippen molar-refractivity contribution in [1.82, 2.24) is 20.2 Å². The minimum atomic E-state index is -2.64. The number of alkyl halides is 2. The fourth-order valence-corrected chi connectivity index (χ4v) is 5.59. The predicted octanol–water partition coefficient (Wildman–Crippen LogP) is 4.75. The lowest BCUT2D eigenvalue weighted by Gasteiger charge is -2.35. The van der Waals surface area contributed by atoms with Crippen LogP contribution in [0.25, 0.3) is 10.9 Å². The quantitative estimate of drug-likeness (QED) is 0.520. The Morgan fingerprint density at radius 3 is 2.55 bits per heavy atom. The molecule has 38 heavy (non-hydrogen) atoms. The number of carbonyl (C=O) groups is 2. The SMILES string of the molecule is CNC(=O)c1cc2cc(OC)cnc2c(N2CCCc3cc(C4CCN(C(C)=O)CC4)c(C(F)F)cc32)n1. The van der Waals surface area contributed by atoms with E-state index in [1.165, 1.54) is 7.05 Å². The number of ether oxygens (including phenoxy) is 1. The number of hydrogen-bond acceptors (Lipinski definition) is 6. The molecule has 0 saturated carbocycles. The number of likely N-dealkylation sites (tertiary alicyclic amines) is 1. The van der Waals surface area contributed by atoms with Crippen molar-refractivity contribution in [2.45, 2.75) is 45.0 Å². The maximum Gasteiger partial charge on any atom is 0.269 e. The Morgan fingerprint density at radius 2 is 1.89 bits per heavy atom. The summed E-state index contributed by atoms with van der Waals surface area (Å²) in [5.74, 6) is 0.627. The van der Waals surface area contributed by atoms with Gasteiger partial charge in [-0.25, -0.2) is 18.7 Å². The van der Waals surface area contributed by atoms with E-state index in [0.717, 1.165) is 18.4 Å². The first-order valence-electron chi connectivity index (χ1n) is 12.9. The minimum absolute atomic E-state index is 0.0123. The Kier molecular flexibility index (Phi) is 7.14. The van der Waals surface area contributed by atoms with Gasteiger partial charge < -0.3 is 19.9 Å². The molecule has 2 aromatic heterocycles. The Balaban J connectivity index is 1.61. The van der Waals surface area contributed by atoms with Crippen molar-refractivity contribution in [3.05, 3.63) is 52.8 Å². The molecular formula is C28H31F2N5O3. The molecule has 3 aromatic rings. The van der Waals surface area contributed by atoms with E-state index in [9.17, 15) is 18.4 Å². The van der Waals surface area contributed by atoms with E-state index in [1.807, 2.05) is 11.0 Å². The molecule has 2 amide bonds. The van der Waals surface area contributed by atoms with Crippen LogP contribution < -0.4 is 15.0 Å². The zero-order valence-corrected chi connectivity index (χ0v) is 21.8. The summed E-state index contributed by atoms with van der Waals surface area (Å²) in [6, 6.07) is 6.96. The lowest BCUT2D eigenvalue weighted by molar-refractivity contribution is -0.129.